The van der Waals surface area contributed by atoms with Gasteiger partial charge < -0.3 is 9.84 Å². The average molecular weight is 497 g/mol. The van der Waals surface area contributed by atoms with Gasteiger partial charge in [0, 0.05) is 19.6 Å². The average Bonchev–Trinajstić information content (AvgIpc) is 2.85. The Morgan fingerprint density at radius 2 is 0.686 bits per heavy atom. The lowest BCUT2D eigenvalue weighted by molar-refractivity contribution is -0.137. The first-order chi connectivity index (χ1) is 17.3. The van der Waals surface area contributed by atoms with Crippen molar-refractivity contribution in [3.8, 4) is 0 Å². The van der Waals surface area contributed by atoms with E-state index in [0.29, 0.717) is 6.42 Å². The molecule has 0 aliphatic heterocycles. The van der Waals surface area contributed by atoms with Gasteiger partial charge in [0.2, 0.25) is 0 Å². The Labute approximate surface area is 220 Å². The predicted molar refractivity (Wildman–Crippen MR) is 153 cm³/mol. The van der Waals surface area contributed by atoms with Crippen LogP contribution >= 0.6 is 0 Å². The fraction of sp³-hybridized carbons (Fsp3) is 0.969. The van der Waals surface area contributed by atoms with E-state index >= 15 is 0 Å². The van der Waals surface area contributed by atoms with E-state index in [1.54, 1.807) is 0 Å². The second-order valence-electron chi connectivity index (χ2n) is 10.9. The molecule has 0 radical (unpaired) electrons. The molecule has 0 atom stereocenters. The monoisotopic (exact) mass is 496 g/mol. The minimum Gasteiger partial charge on any atom is -0.481 e. The van der Waals surface area contributed by atoms with Gasteiger partial charge in [-0.25, -0.2) is 0 Å². The van der Waals surface area contributed by atoms with Crippen molar-refractivity contribution >= 4 is 5.97 Å². The fourth-order valence-corrected chi connectivity index (χ4v) is 4.93. The molecule has 0 aliphatic carbocycles. The normalized spacial score (nSPS) is 11.3. The summed E-state index contributed by atoms with van der Waals surface area (Å²) in [5.41, 5.74) is 0. The molecule has 0 aromatic carbocycles. The van der Waals surface area contributed by atoms with Crippen LogP contribution < -0.4 is 0 Å². The Kier molecular flexibility index (Phi) is 30.9. The minimum atomic E-state index is -0.655. The van der Waals surface area contributed by atoms with E-state index in [1.807, 2.05) is 0 Å². The fourth-order valence-electron chi connectivity index (χ4n) is 4.93. The number of carboxylic acids is 1. The van der Waals surface area contributed by atoms with Crippen LogP contribution in [0.1, 0.15) is 187 Å². The second kappa shape index (κ2) is 31.5. The van der Waals surface area contributed by atoms with E-state index in [0.717, 1.165) is 26.1 Å². The number of hydrogen-bond donors (Lipinski definition) is 1. The zero-order valence-corrected chi connectivity index (χ0v) is 24.0. The zero-order chi connectivity index (χ0) is 25.5. The van der Waals surface area contributed by atoms with Crippen molar-refractivity contribution in [1.29, 1.82) is 0 Å². The molecule has 1 N–H and O–H groups in total. The van der Waals surface area contributed by atoms with Gasteiger partial charge in [-0.05, 0) is 19.3 Å². The van der Waals surface area contributed by atoms with Crippen LogP contribution in [-0.4, -0.2) is 24.3 Å². The van der Waals surface area contributed by atoms with Gasteiger partial charge in [-0.3, -0.25) is 4.79 Å². The molecule has 0 fully saturated rings. The van der Waals surface area contributed by atoms with Crippen molar-refractivity contribution in [2.45, 2.75) is 187 Å². The maximum absolute atomic E-state index is 10.5. The third-order valence-corrected chi connectivity index (χ3v) is 7.32. The van der Waals surface area contributed by atoms with Crippen LogP contribution in [0, 0.1) is 0 Å². The van der Waals surface area contributed by atoms with Gasteiger partial charge in [0.05, 0.1) is 0 Å². The van der Waals surface area contributed by atoms with Crippen molar-refractivity contribution < 1.29 is 14.6 Å². The van der Waals surface area contributed by atoms with Gasteiger partial charge in [-0.2, -0.15) is 0 Å². The summed E-state index contributed by atoms with van der Waals surface area (Å²) in [6.07, 6.45) is 36.7. The minimum absolute atomic E-state index is 0.339. The zero-order valence-electron chi connectivity index (χ0n) is 24.0. The van der Waals surface area contributed by atoms with Gasteiger partial charge in [-0.1, -0.05) is 161 Å². The third kappa shape index (κ3) is 33.4. The number of hydrogen-bond acceptors (Lipinski definition) is 2. The van der Waals surface area contributed by atoms with Crippen molar-refractivity contribution in [2.75, 3.05) is 13.2 Å². The van der Waals surface area contributed by atoms with Crippen molar-refractivity contribution in [1.82, 2.24) is 0 Å². The molecule has 0 aromatic rings. The Balaban J connectivity index is 3.01. The highest BCUT2D eigenvalue weighted by Crippen LogP contribution is 2.14. The summed E-state index contributed by atoms with van der Waals surface area (Å²) in [5, 5.41) is 8.61. The highest BCUT2D eigenvalue weighted by atomic mass is 16.5. The molecule has 35 heavy (non-hydrogen) atoms. The van der Waals surface area contributed by atoms with Crippen LogP contribution in [-0.2, 0) is 9.53 Å². The molecule has 0 unspecified atom stereocenters. The summed E-state index contributed by atoms with van der Waals surface area (Å²) < 4.78 is 5.83. The SMILES string of the molecule is CCCCCCCCCCCCCCCCOCCCCCCCCCCCCCCCC(=O)O. The van der Waals surface area contributed by atoms with E-state index in [2.05, 4.69) is 6.92 Å². The van der Waals surface area contributed by atoms with Crippen LogP contribution in [0.3, 0.4) is 0 Å². The molecular formula is C32H64O3. The Bertz CT molecular complexity index is 396. The number of carbonyl (C=O) groups is 1. The van der Waals surface area contributed by atoms with Crippen LogP contribution in [0.2, 0.25) is 0 Å². The van der Waals surface area contributed by atoms with Crippen LogP contribution in [0.5, 0.6) is 0 Å². The second-order valence-corrected chi connectivity index (χ2v) is 10.9. The first-order valence-corrected chi connectivity index (χ1v) is 16.1. The molecule has 3 heteroatoms. The number of aliphatic carboxylic acids is 1. The Morgan fingerprint density at radius 1 is 0.429 bits per heavy atom. The van der Waals surface area contributed by atoms with Gasteiger partial charge in [0.15, 0.2) is 0 Å². The first kappa shape index (κ1) is 34.4. The molecule has 0 aliphatic rings. The van der Waals surface area contributed by atoms with Gasteiger partial charge in [-0.15, -0.1) is 0 Å². The van der Waals surface area contributed by atoms with Crippen molar-refractivity contribution in [3.63, 3.8) is 0 Å². The van der Waals surface area contributed by atoms with Gasteiger partial charge >= 0.3 is 5.97 Å². The number of unbranched alkanes of at least 4 members (excludes halogenated alkanes) is 25. The predicted octanol–water partition coefficient (Wildman–Crippen LogP) is 11.0. The highest BCUT2D eigenvalue weighted by Gasteiger charge is 1.98. The first-order valence-electron chi connectivity index (χ1n) is 16.1. The highest BCUT2D eigenvalue weighted by molar-refractivity contribution is 5.66. The summed E-state index contributed by atoms with van der Waals surface area (Å²) in [4.78, 5) is 10.5. The molecule has 0 spiro atoms. The summed E-state index contributed by atoms with van der Waals surface area (Å²) in [6, 6.07) is 0. The number of carboxylic acid groups (broad SMARTS) is 1. The summed E-state index contributed by atoms with van der Waals surface area (Å²) in [6.45, 7) is 4.23. The standard InChI is InChI=1S/C32H64O3/c1-2-3-4-5-6-7-8-9-12-15-18-21-24-27-30-35-31-28-25-22-19-16-13-10-11-14-17-20-23-26-29-32(33)34/h2-31H2,1H3,(H,33,34). The summed E-state index contributed by atoms with van der Waals surface area (Å²) in [7, 11) is 0. The molecule has 210 valence electrons. The topological polar surface area (TPSA) is 46.5 Å². The van der Waals surface area contributed by atoms with Crippen molar-refractivity contribution in [2.24, 2.45) is 0 Å². The van der Waals surface area contributed by atoms with Crippen LogP contribution in [0.15, 0.2) is 0 Å². The molecule has 0 rings (SSSR count). The molecular weight excluding hydrogens is 432 g/mol. The summed E-state index contributed by atoms with van der Waals surface area (Å²) in [5.74, 6) is -0.655. The van der Waals surface area contributed by atoms with Gasteiger partial charge in [0.1, 0.15) is 0 Å². The Hall–Kier alpha value is -0.570. The lowest BCUT2D eigenvalue weighted by atomic mass is 10.0. The third-order valence-electron chi connectivity index (χ3n) is 7.32. The van der Waals surface area contributed by atoms with E-state index in [1.165, 1.54) is 161 Å². The smallest absolute Gasteiger partial charge is 0.303 e. The largest absolute Gasteiger partial charge is 0.481 e. The van der Waals surface area contributed by atoms with Crippen LogP contribution in [0.4, 0.5) is 0 Å². The lowest BCUT2D eigenvalue weighted by Crippen LogP contribution is -1.97. The quantitative estimate of drug-likeness (QED) is 0.0970. The molecule has 0 bridgehead atoms. The van der Waals surface area contributed by atoms with E-state index in [4.69, 9.17) is 9.84 Å². The van der Waals surface area contributed by atoms with Gasteiger partial charge in [0.25, 0.3) is 0 Å². The van der Waals surface area contributed by atoms with Crippen LogP contribution in [0.25, 0.3) is 0 Å². The number of ether oxygens (including phenoxy) is 1. The summed E-state index contributed by atoms with van der Waals surface area (Å²) >= 11 is 0. The Morgan fingerprint density at radius 3 is 0.971 bits per heavy atom. The maximum atomic E-state index is 10.5. The molecule has 0 heterocycles. The molecule has 0 saturated heterocycles. The van der Waals surface area contributed by atoms with Crippen molar-refractivity contribution in [3.05, 3.63) is 0 Å². The number of rotatable bonds is 31. The molecule has 0 aromatic heterocycles. The van der Waals surface area contributed by atoms with E-state index in [-0.39, 0.29) is 0 Å². The lowest BCUT2D eigenvalue weighted by Gasteiger charge is -2.05. The molecule has 0 saturated carbocycles. The van der Waals surface area contributed by atoms with E-state index < -0.39 is 5.97 Å². The van der Waals surface area contributed by atoms with E-state index in [9.17, 15) is 4.79 Å². The molecule has 0 amide bonds. The maximum Gasteiger partial charge on any atom is 0.303 e. The molecule has 3 nitrogen and oxygen atoms in total.